The van der Waals surface area contributed by atoms with Gasteiger partial charge in [0.1, 0.15) is 0 Å². The molecule has 1 amide bonds. The first-order chi connectivity index (χ1) is 8.31. The molecule has 0 unspecified atom stereocenters. The van der Waals surface area contributed by atoms with Crippen LogP contribution in [0, 0.1) is 11.8 Å². The maximum absolute atomic E-state index is 11.9. The molecule has 1 aromatic rings. The lowest BCUT2D eigenvalue weighted by atomic mass is 10.1. The van der Waals surface area contributed by atoms with E-state index in [1.807, 2.05) is 42.2 Å². The first kappa shape index (κ1) is 11.7. The Morgan fingerprint density at radius 2 is 2.12 bits per heavy atom. The van der Waals surface area contributed by atoms with Gasteiger partial charge in [-0.1, -0.05) is 24.1 Å². The van der Waals surface area contributed by atoms with Crippen molar-refractivity contribution in [3.63, 3.8) is 0 Å². The molecular formula is C14H16N2O. The van der Waals surface area contributed by atoms with Crippen LogP contribution >= 0.6 is 0 Å². The van der Waals surface area contributed by atoms with Crippen molar-refractivity contribution in [2.45, 2.75) is 13.0 Å². The first-order valence-corrected chi connectivity index (χ1v) is 5.89. The largest absolute Gasteiger partial charge is 0.327 e. The molecule has 0 saturated carbocycles. The Hall–Kier alpha value is -1.79. The van der Waals surface area contributed by atoms with Gasteiger partial charge in [-0.25, -0.2) is 0 Å². The molecule has 1 saturated heterocycles. The highest BCUT2D eigenvalue weighted by atomic mass is 16.2. The second-order valence-corrected chi connectivity index (χ2v) is 4.02. The lowest BCUT2D eigenvalue weighted by Gasteiger charge is -2.36. The Bertz CT molecular complexity index is 440. The number of likely N-dealkylation sites (N-methyl/N-ethyl adjacent to an activating group) is 1. The fourth-order valence-corrected chi connectivity index (χ4v) is 1.78. The smallest absolute Gasteiger partial charge is 0.299 e. The van der Waals surface area contributed by atoms with E-state index in [4.69, 9.17) is 0 Å². The molecule has 3 heteroatoms. The van der Waals surface area contributed by atoms with Crippen LogP contribution in [0.2, 0.25) is 0 Å². The van der Waals surface area contributed by atoms with Gasteiger partial charge in [0.15, 0.2) is 0 Å². The van der Waals surface area contributed by atoms with E-state index in [-0.39, 0.29) is 5.91 Å². The molecule has 0 aromatic heterocycles. The van der Waals surface area contributed by atoms with Gasteiger partial charge in [0.05, 0.1) is 6.04 Å². The molecule has 0 aliphatic carbocycles. The van der Waals surface area contributed by atoms with Gasteiger partial charge in [-0.15, -0.1) is 0 Å². The SMILES string of the molecule is CCN(C(=O)C#Cc1ccccc1)C1CNC1. The quantitative estimate of drug-likeness (QED) is 0.761. The highest BCUT2D eigenvalue weighted by Gasteiger charge is 2.26. The van der Waals surface area contributed by atoms with Crippen LogP contribution in [0.4, 0.5) is 0 Å². The lowest BCUT2D eigenvalue weighted by Crippen LogP contribution is -2.58. The van der Waals surface area contributed by atoms with Crippen LogP contribution in [0.25, 0.3) is 0 Å². The molecule has 1 fully saturated rings. The zero-order valence-electron chi connectivity index (χ0n) is 9.94. The summed E-state index contributed by atoms with van der Waals surface area (Å²) < 4.78 is 0. The van der Waals surface area contributed by atoms with Crippen molar-refractivity contribution in [3.8, 4) is 11.8 Å². The predicted octanol–water partition coefficient (Wildman–Crippen LogP) is 0.858. The number of hydrogen-bond donors (Lipinski definition) is 1. The maximum atomic E-state index is 11.9. The van der Waals surface area contributed by atoms with Crippen LogP contribution in [-0.2, 0) is 4.79 Å². The van der Waals surface area contributed by atoms with Crippen LogP contribution in [-0.4, -0.2) is 36.5 Å². The molecule has 3 nitrogen and oxygen atoms in total. The van der Waals surface area contributed by atoms with E-state index in [1.165, 1.54) is 0 Å². The molecule has 88 valence electrons. The number of nitrogens with one attached hydrogen (secondary N) is 1. The van der Waals surface area contributed by atoms with Gasteiger partial charge in [-0.05, 0) is 19.1 Å². The van der Waals surface area contributed by atoms with E-state index in [2.05, 4.69) is 17.2 Å². The van der Waals surface area contributed by atoms with Gasteiger partial charge in [-0.3, -0.25) is 4.79 Å². The van der Waals surface area contributed by atoms with Gasteiger partial charge in [0.2, 0.25) is 0 Å². The van der Waals surface area contributed by atoms with Crippen molar-refractivity contribution >= 4 is 5.91 Å². The number of rotatable bonds is 2. The third-order valence-corrected chi connectivity index (χ3v) is 2.89. The summed E-state index contributed by atoms with van der Waals surface area (Å²) in [7, 11) is 0. The van der Waals surface area contributed by atoms with Crippen LogP contribution in [0.5, 0.6) is 0 Å². The third-order valence-electron chi connectivity index (χ3n) is 2.89. The minimum absolute atomic E-state index is 0.0807. The molecule has 0 radical (unpaired) electrons. The number of carbonyl (C=O) groups is 1. The standard InChI is InChI=1S/C14H16N2O/c1-2-16(13-10-15-11-13)14(17)9-8-12-6-4-3-5-7-12/h3-7,13,15H,2,10-11H2,1H3. The minimum atomic E-state index is -0.0807. The van der Waals surface area contributed by atoms with Crippen molar-refractivity contribution in [2.75, 3.05) is 19.6 Å². The minimum Gasteiger partial charge on any atom is -0.327 e. The Morgan fingerprint density at radius 3 is 2.65 bits per heavy atom. The molecular weight excluding hydrogens is 212 g/mol. The summed E-state index contributed by atoms with van der Waals surface area (Å²) in [6.07, 6.45) is 0. The van der Waals surface area contributed by atoms with Crippen LogP contribution in [0.3, 0.4) is 0 Å². The molecule has 0 atom stereocenters. The molecule has 17 heavy (non-hydrogen) atoms. The van der Waals surface area contributed by atoms with Gasteiger partial charge in [0.25, 0.3) is 5.91 Å². The Morgan fingerprint density at radius 1 is 1.41 bits per heavy atom. The number of carbonyl (C=O) groups excluding carboxylic acids is 1. The highest BCUT2D eigenvalue weighted by Crippen LogP contribution is 2.04. The average molecular weight is 228 g/mol. The topological polar surface area (TPSA) is 32.3 Å². The summed E-state index contributed by atoms with van der Waals surface area (Å²) in [6.45, 7) is 4.47. The van der Waals surface area contributed by atoms with E-state index >= 15 is 0 Å². The van der Waals surface area contributed by atoms with Crippen molar-refractivity contribution < 1.29 is 4.79 Å². The molecule has 1 aromatic carbocycles. The van der Waals surface area contributed by atoms with Crippen molar-refractivity contribution in [3.05, 3.63) is 35.9 Å². The van der Waals surface area contributed by atoms with Crippen LogP contribution in [0.15, 0.2) is 30.3 Å². The van der Waals surface area contributed by atoms with Crippen LogP contribution in [0.1, 0.15) is 12.5 Å². The molecule has 0 bridgehead atoms. The molecule has 1 aliphatic heterocycles. The summed E-state index contributed by atoms with van der Waals surface area (Å²) in [5.41, 5.74) is 0.878. The van der Waals surface area contributed by atoms with Gasteiger partial charge >= 0.3 is 0 Å². The summed E-state index contributed by atoms with van der Waals surface area (Å²) in [4.78, 5) is 13.7. The summed E-state index contributed by atoms with van der Waals surface area (Å²) in [5, 5.41) is 3.16. The van der Waals surface area contributed by atoms with E-state index in [1.54, 1.807) is 0 Å². The highest BCUT2D eigenvalue weighted by molar-refractivity contribution is 5.94. The van der Waals surface area contributed by atoms with Crippen molar-refractivity contribution in [1.82, 2.24) is 10.2 Å². The summed E-state index contributed by atoms with van der Waals surface area (Å²) >= 11 is 0. The predicted molar refractivity (Wildman–Crippen MR) is 67.4 cm³/mol. The first-order valence-electron chi connectivity index (χ1n) is 5.89. The average Bonchev–Trinajstić information content (AvgIpc) is 2.31. The van der Waals surface area contributed by atoms with E-state index in [9.17, 15) is 4.79 Å². The Balaban J connectivity index is 2.02. The van der Waals surface area contributed by atoms with Gasteiger partial charge < -0.3 is 10.2 Å². The number of amides is 1. The molecule has 1 N–H and O–H groups in total. The maximum Gasteiger partial charge on any atom is 0.299 e. The third kappa shape index (κ3) is 2.86. The molecule has 2 rings (SSSR count). The zero-order valence-corrected chi connectivity index (χ0v) is 9.94. The lowest BCUT2D eigenvalue weighted by molar-refractivity contribution is -0.128. The van der Waals surface area contributed by atoms with Gasteiger partial charge in [-0.2, -0.15) is 0 Å². The fourth-order valence-electron chi connectivity index (χ4n) is 1.78. The second kappa shape index (κ2) is 5.51. The number of benzene rings is 1. The second-order valence-electron chi connectivity index (χ2n) is 4.02. The fraction of sp³-hybridized carbons (Fsp3) is 0.357. The van der Waals surface area contributed by atoms with Gasteiger partial charge in [0, 0.05) is 31.1 Å². The normalized spacial score (nSPS) is 14.4. The molecule has 0 spiro atoms. The van der Waals surface area contributed by atoms with E-state index in [0.29, 0.717) is 12.6 Å². The number of nitrogens with zero attached hydrogens (tertiary/aromatic N) is 1. The summed E-state index contributed by atoms with van der Waals surface area (Å²) in [6, 6.07) is 9.90. The Labute approximate surface area is 102 Å². The summed E-state index contributed by atoms with van der Waals surface area (Å²) in [5.74, 6) is 5.53. The Kier molecular flexibility index (Phi) is 3.79. The van der Waals surface area contributed by atoms with E-state index < -0.39 is 0 Å². The molecule has 1 heterocycles. The monoisotopic (exact) mass is 228 g/mol. The van der Waals surface area contributed by atoms with E-state index in [0.717, 1.165) is 18.7 Å². The number of hydrogen-bond acceptors (Lipinski definition) is 2. The molecule has 1 aliphatic rings. The van der Waals surface area contributed by atoms with Crippen LogP contribution < -0.4 is 5.32 Å². The van der Waals surface area contributed by atoms with Crippen molar-refractivity contribution in [1.29, 1.82) is 0 Å². The van der Waals surface area contributed by atoms with Crippen molar-refractivity contribution in [2.24, 2.45) is 0 Å². The zero-order chi connectivity index (χ0) is 12.1.